The molecule has 0 saturated heterocycles. The van der Waals surface area contributed by atoms with Crippen LogP contribution in [0.25, 0.3) is 0 Å². The van der Waals surface area contributed by atoms with Crippen molar-refractivity contribution in [2.45, 2.75) is 32.9 Å². The van der Waals surface area contributed by atoms with Crippen molar-refractivity contribution in [3.05, 3.63) is 18.0 Å². The maximum Gasteiger partial charge on any atom is 0.0762 e. The quantitative estimate of drug-likeness (QED) is 0.645. The Morgan fingerprint density at radius 2 is 2.22 bits per heavy atom. The van der Waals surface area contributed by atoms with Crippen molar-refractivity contribution < 1.29 is 9.47 Å². The zero-order chi connectivity index (χ0) is 13.2. The predicted octanol–water partition coefficient (Wildman–Crippen LogP) is 1.61. The maximum absolute atomic E-state index is 5.36. The van der Waals surface area contributed by atoms with Gasteiger partial charge in [-0.1, -0.05) is 6.92 Å². The Labute approximate surface area is 109 Å². The van der Waals surface area contributed by atoms with Gasteiger partial charge in [0.25, 0.3) is 0 Å². The van der Waals surface area contributed by atoms with E-state index in [4.69, 9.17) is 9.47 Å². The highest BCUT2D eigenvalue weighted by Gasteiger charge is 2.03. The smallest absolute Gasteiger partial charge is 0.0762 e. The monoisotopic (exact) mass is 255 g/mol. The van der Waals surface area contributed by atoms with E-state index in [1.807, 2.05) is 10.9 Å². The molecule has 5 heteroatoms. The van der Waals surface area contributed by atoms with Gasteiger partial charge >= 0.3 is 0 Å². The van der Waals surface area contributed by atoms with E-state index in [0.717, 1.165) is 25.2 Å². The Kier molecular flexibility index (Phi) is 7.64. The van der Waals surface area contributed by atoms with Crippen molar-refractivity contribution in [2.24, 2.45) is 0 Å². The Morgan fingerprint density at radius 3 is 2.94 bits per heavy atom. The van der Waals surface area contributed by atoms with Crippen LogP contribution in [0.1, 0.15) is 32.0 Å². The largest absolute Gasteiger partial charge is 0.382 e. The second kappa shape index (κ2) is 9.08. The summed E-state index contributed by atoms with van der Waals surface area (Å²) in [6, 6.07) is 2.53. The Hall–Kier alpha value is -0.910. The molecule has 1 aromatic rings. The van der Waals surface area contributed by atoms with Gasteiger partial charge in [0.2, 0.25) is 0 Å². The highest BCUT2D eigenvalue weighted by atomic mass is 16.5. The van der Waals surface area contributed by atoms with Gasteiger partial charge in [0.1, 0.15) is 0 Å². The Morgan fingerprint density at radius 1 is 1.39 bits per heavy atom. The van der Waals surface area contributed by atoms with E-state index in [1.165, 1.54) is 0 Å². The molecule has 0 spiro atoms. The molecule has 104 valence electrons. The summed E-state index contributed by atoms with van der Waals surface area (Å²) in [5.41, 5.74) is 1.08. The van der Waals surface area contributed by atoms with Gasteiger partial charge in [-0.3, -0.25) is 4.68 Å². The lowest BCUT2D eigenvalue weighted by molar-refractivity contribution is 0.0719. The van der Waals surface area contributed by atoms with E-state index in [9.17, 15) is 0 Å². The second-order valence-corrected chi connectivity index (χ2v) is 4.33. The standard InChI is InChI=1S/C13H25N3O2/c1-4-12(2)16-7-5-13(15-16)11-14-6-8-18-10-9-17-3/h5,7,12,14H,4,6,8-11H2,1-3H3. The number of nitrogens with one attached hydrogen (secondary N) is 1. The van der Waals surface area contributed by atoms with Crippen LogP contribution in [0.3, 0.4) is 0 Å². The molecule has 1 aromatic heterocycles. The van der Waals surface area contributed by atoms with Crippen LogP contribution in [0.5, 0.6) is 0 Å². The minimum Gasteiger partial charge on any atom is -0.382 e. The SMILES string of the molecule is CCC(C)n1ccc(CNCCOCCOC)n1. The molecule has 0 radical (unpaired) electrons. The summed E-state index contributed by atoms with van der Waals surface area (Å²) in [6.45, 7) is 7.97. The van der Waals surface area contributed by atoms with E-state index in [-0.39, 0.29) is 0 Å². The molecule has 0 aromatic carbocycles. The lowest BCUT2D eigenvalue weighted by Gasteiger charge is -2.08. The first kappa shape index (κ1) is 15.1. The first-order valence-corrected chi connectivity index (χ1v) is 6.59. The van der Waals surface area contributed by atoms with Crippen molar-refractivity contribution in [1.82, 2.24) is 15.1 Å². The van der Waals surface area contributed by atoms with Gasteiger partial charge < -0.3 is 14.8 Å². The number of hydrogen-bond donors (Lipinski definition) is 1. The summed E-state index contributed by atoms with van der Waals surface area (Å²) in [7, 11) is 1.68. The van der Waals surface area contributed by atoms with Gasteiger partial charge in [-0.05, 0) is 19.4 Å². The Balaban J connectivity index is 2.10. The van der Waals surface area contributed by atoms with Crippen LogP contribution in [-0.2, 0) is 16.0 Å². The molecular formula is C13H25N3O2. The number of hydrogen-bond acceptors (Lipinski definition) is 4. The number of nitrogens with zero attached hydrogens (tertiary/aromatic N) is 2. The molecule has 0 fully saturated rings. The molecule has 5 nitrogen and oxygen atoms in total. The van der Waals surface area contributed by atoms with Gasteiger partial charge in [0, 0.05) is 32.4 Å². The molecule has 18 heavy (non-hydrogen) atoms. The van der Waals surface area contributed by atoms with Crippen molar-refractivity contribution in [3.63, 3.8) is 0 Å². The zero-order valence-corrected chi connectivity index (χ0v) is 11.7. The van der Waals surface area contributed by atoms with Crippen molar-refractivity contribution in [3.8, 4) is 0 Å². The highest BCUT2D eigenvalue weighted by Crippen LogP contribution is 2.08. The number of methoxy groups -OCH3 is 1. The van der Waals surface area contributed by atoms with Gasteiger partial charge in [-0.2, -0.15) is 5.10 Å². The number of rotatable bonds is 10. The van der Waals surface area contributed by atoms with E-state index in [1.54, 1.807) is 7.11 Å². The fraction of sp³-hybridized carbons (Fsp3) is 0.769. The van der Waals surface area contributed by atoms with Crippen LogP contribution in [-0.4, -0.2) is 43.3 Å². The van der Waals surface area contributed by atoms with Gasteiger partial charge in [0.05, 0.1) is 25.5 Å². The van der Waals surface area contributed by atoms with Crippen molar-refractivity contribution in [2.75, 3.05) is 33.5 Å². The Bertz CT molecular complexity index is 315. The minimum atomic E-state index is 0.469. The van der Waals surface area contributed by atoms with E-state index in [2.05, 4.69) is 30.3 Å². The number of aromatic nitrogens is 2. The topological polar surface area (TPSA) is 48.3 Å². The lowest BCUT2D eigenvalue weighted by Crippen LogP contribution is -2.20. The molecule has 1 atom stereocenters. The molecule has 1 unspecified atom stereocenters. The summed E-state index contributed by atoms with van der Waals surface area (Å²) >= 11 is 0. The first-order valence-electron chi connectivity index (χ1n) is 6.59. The van der Waals surface area contributed by atoms with Crippen LogP contribution >= 0.6 is 0 Å². The molecule has 1 heterocycles. The molecule has 0 saturated carbocycles. The van der Waals surface area contributed by atoms with Gasteiger partial charge in [-0.25, -0.2) is 0 Å². The molecular weight excluding hydrogens is 230 g/mol. The van der Waals surface area contributed by atoms with Gasteiger partial charge in [0.15, 0.2) is 0 Å². The van der Waals surface area contributed by atoms with Crippen LogP contribution in [0.2, 0.25) is 0 Å². The molecule has 0 aliphatic rings. The fourth-order valence-electron chi connectivity index (χ4n) is 1.51. The summed E-state index contributed by atoms with van der Waals surface area (Å²) in [6.07, 6.45) is 3.14. The molecule has 0 amide bonds. The van der Waals surface area contributed by atoms with Gasteiger partial charge in [-0.15, -0.1) is 0 Å². The van der Waals surface area contributed by atoms with Crippen LogP contribution < -0.4 is 5.32 Å². The average molecular weight is 255 g/mol. The molecule has 1 N–H and O–H groups in total. The number of ether oxygens (including phenoxy) is 2. The normalized spacial score (nSPS) is 12.8. The third kappa shape index (κ3) is 5.62. The van der Waals surface area contributed by atoms with E-state index < -0.39 is 0 Å². The summed E-state index contributed by atoms with van der Waals surface area (Å²) in [4.78, 5) is 0. The van der Waals surface area contributed by atoms with Crippen molar-refractivity contribution in [1.29, 1.82) is 0 Å². The second-order valence-electron chi connectivity index (χ2n) is 4.33. The van der Waals surface area contributed by atoms with Crippen LogP contribution in [0.15, 0.2) is 12.3 Å². The highest BCUT2D eigenvalue weighted by molar-refractivity contribution is 4.99. The zero-order valence-electron chi connectivity index (χ0n) is 11.7. The third-order valence-corrected chi connectivity index (χ3v) is 2.87. The third-order valence-electron chi connectivity index (χ3n) is 2.87. The van der Waals surface area contributed by atoms with Crippen LogP contribution in [0, 0.1) is 0 Å². The summed E-state index contributed by atoms with van der Waals surface area (Å²) in [5, 5.41) is 7.83. The molecule has 1 rings (SSSR count). The van der Waals surface area contributed by atoms with Crippen molar-refractivity contribution >= 4 is 0 Å². The lowest BCUT2D eigenvalue weighted by atomic mass is 10.3. The van der Waals surface area contributed by atoms with E-state index in [0.29, 0.717) is 25.9 Å². The summed E-state index contributed by atoms with van der Waals surface area (Å²) in [5.74, 6) is 0. The van der Waals surface area contributed by atoms with Crippen LogP contribution in [0.4, 0.5) is 0 Å². The average Bonchev–Trinajstić information content (AvgIpc) is 2.85. The fourth-order valence-corrected chi connectivity index (χ4v) is 1.51. The molecule has 0 aliphatic heterocycles. The summed E-state index contributed by atoms with van der Waals surface area (Å²) < 4.78 is 12.3. The molecule has 0 aliphatic carbocycles. The minimum absolute atomic E-state index is 0.469. The first-order chi connectivity index (χ1) is 8.77. The van der Waals surface area contributed by atoms with E-state index >= 15 is 0 Å². The molecule has 0 bridgehead atoms. The predicted molar refractivity (Wildman–Crippen MR) is 71.6 cm³/mol. The maximum atomic E-state index is 5.36.